The highest BCUT2D eigenvalue weighted by Gasteiger charge is 2.23. The molecular weight excluding hydrogens is 374 g/mol. The van der Waals surface area contributed by atoms with Crippen LogP contribution in [-0.2, 0) is 9.47 Å². The lowest BCUT2D eigenvalue weighted by molar-refractivity contribution is 0.0274. The van der Waals surface area contributed by atoms with Gasteiger partial charge in [0.2, 0.25) is 5.76 Å². The fourth-order valence-electron chi connectivity index (χ4n) is 2.48. The fraction of sp³-hybridized carbons (Fsp3) is 0.353. The van der Waals surface area contributed by atoms with E-state index in [9.17, 15) is 14.4 Å². The summed E-state index contributed by atoms with van der Waals surface area (Å²) in [6.07, 6.45) is -0.839. The molecule has 0 saturated heterocycles. The molecule has 9 nitrogen and oxygen atoms in total. The molecular formula is C17H17N3O6S. The number of hydrogen-bond donors (Lipinski definition) is 1. The zero-order valence-corrected chi connectivity index (χ0v) is 15.9. The molecule has 1 atom stereocenters. The van der Waals surface area contributed by atoms with Crippen molar-refractivity contribution in [1.82, 2.24) is 15.1 Å². The summed E-state index contributed by atoms with van der Waals surface area (Å²) in [5, 5.41) is 3.94. The van der Waals surface area contributed by atoms with E-state index in [4.69, 9.17) is 14.0 Å². The van der Waals surface area contributed by atoms with Gasteiger partial charge in [-0.25, -0.2) is 14.6 Å². The summed E-state index contributed by atoms with van der Waals surface area (Å²) >= 11 is 1.06. The van der Waals surface area contributed by atoms with Crippen LogP contribution in [-0.4, -0.2) is 33.7 Å². The molecule has 10 heteroatoms. The molecule has 0 bridgehead atoms. The highest BCUT2D eigenvalue weighted by molar-refractivity contribution is 7.20. The second-order valence-corrected chi connectivity index (χ2v) is 6.79. The third-order valence-corrected chi connectivity index (χ3v) is 4.94. The second kappa shape index (κ2) is 7.31. The molecule has 0 unspecified atom stereocenters. The van der Waals surface area contributed by atoms with Gasteiger partial charge in [0, 0.05) is 6.07 Å². The van der Waals surface area contributed by atoms with E-state index in [0.29, 0.717) is 26.4 Å². The number of fused-ring (bicyclic) bond motifs is 1. The van der Waals surface area contributed by atoms with Crippen molar-refractivity contribution in [3.05, 3.63) is 44.1 Å². The van der Waals surface area contributed by atoms with Crippen LogP contribution >= 0.6 is 11.3 Å². The summed E-state index contributed by atoms with van der Waals surface area (Å²) in [6.45, 7) is 6.84. The third-order valence-electron chi connectivity index (χ3n) is 3.78. The minimum atomic E-state index is -0.839. The molecule has 3 aromatic rings. The standard InChI is InChI=1S/C17H17N3O6S/c1-5-24-17(23)12-8(3)11-14(21)18-13(19-15(11)27-12)9(4)25-16(22)10-6-7(2)20-26-10/h6,9H,5H2,1-4H3,(H,18,19,21)/t9-/m0/s1. The summed E-state index contributed by atoms with van der Waals surface area (Å²) in [7, 11) is 0. The number of nitrogens with one attached hydrogen (secondary N) is 1. The number of ether oxygens (including phenoxy) is 2. The molecule has 0 saturated carbocycles. The van der Waals surface area contributed by atoms with E-state index in [1.807, 2.05) is 0 Å². The lowest BCUT2D eigenvalue weighted by Gasteiger charge is -2.11. The fourth-order valence-corrected chi connectivity index (χ4v) is 3.56. The number of hydrogen-bond acceptors (Lipinski definition) is 9. The Morgan fingerprint density at radius 3 is 2.70 bits per heavy atom. The number of aryl methyl sites for hydroxylation is 2. The molecule has 0 aliphatic heterocycles. The van der Waals surface area contributed by atoms with Gasteiger partial charge in [-0.1, -0.05) is 5.16 Å². The molecule has 27 heavy (non-hydrogen) atoms. The largest absolute Gasteiger partial charge is 0.462 e. The van der Waals surface area contributed by atoms with E-state index in [1.54, 1.807) is 27.7 Å². The Morgan fingerprint density at radius 1 is 1.33 bits per heavy atom. The van der Waals surface area contributed by atoms with Gasteiger partial charge in [0.25, 0.3) is 5.56 Å². The summed E-state index contributed by atoms with van der Waals surface area (Å²) in [5.41, 5.74) is 0.636. The topological polar surface area (TPSA) is 124 Å². The van der Waals surface area contributed by atoms with Gasteiger partial charge in [0.1, 0.15) is 9.71 Å². The van der Waals surface area contributed by atoms with Crippen molar-refractivity contribution in [2.24, 2.45) is 0 Å². The highest BCUT2D eigenvalue weighted by atomic mass is 32.1. The van der Waals surface area contributed by atoms with Crippen LogP contribution in [0, 0.1) is 13.8 Å². The van der Waals surface area contributed by atoms with E-state index in [0.717, 1.165) is 11.3 Å². The van der Waals surface area contributed by atoms with Crippen LogP contribution in [0.3, 0.4) is 0 Å². The minimum absolute atomic E-state index is 0.0423. The van der Waals surface area contributed by atoms with Crippen LogP contribution < -0.4 is 5.56 Å². The number of rotatable bonds is 5. The predicted molar refractivity (Wildman–Crippen MR) is 96.0 cm³/mol. The second-order valence-electron chi connectivity index (χ2n) is 5.79. The Hall–Kier alpha value is -3.01. The van der Waals surface area contributed by atoms with Gasteiger partial charge in [0.15, 0.2) is 11.9 Å². The predicted octanol–water partition coefficient (Wildman–Crippen LogP) is 2.68. The van der Waals surface area contributed by atoms with Crippen LogP contribution in [0.15, 0.2) is 15.4 Å². The van der Waals surface area contributed by atoms with Gasteiger partial charge < -0.3 is 19.0 Å². The van der Waals surface area contributed by atoms with Crippen LogP contribution in [0.1, 0.15) is 57.3 Å². The van der Waals surface area contributed by atoms with Crippen LogP contribution in [0.5, 0.6) is 0 Å². The number of aromatic nitrogens is 3. The Balaban J connectivity index is 1.92. The molecule has 0 aliphatic carbocycles. The SMILES string of the molecule is CCOC(=O)c1sc2nc([C@H](C)OC(=O)c3cc(C)no3)[nH]c(=O)c2c1C. The zero-order valence-electron chi connectivity index (χ0n) is 15.1. The van der Waals surface area contributed by atoms with E-state index in [2.05, 4.69) is 15.1 Å². The third kappa shape index (κ3) is 3.61. The molecule has 0 aromatic carbocycles. The zero-order chi connectivity index (χ0) is 19.7. The summed E-state index contributed by atoms with van der Waals surface area (Å²) in [6, 6.07) is 1.45. The van der Waals surface area contributed by atoms with Gasteiger partial charge >= 0.3 is 11.9 Å². The Morgan fingerprint density at radius 2 is 2.07 bits per heavy atom. The molecule has 1 N–H and O–H groups in total. The van der Waals surface area contributed by atoms with E-state index >= 15 is 0 Å². The van der Waals surface area contributed by atoms with Crippen molar-refractivity contribution in [2.45, 2.75) is 33.8 Å². The van der Waals surface area contributed by atoms with Crippen molar-refractivity contribution in [3.8, 4) is 0 Å². The highest BCUT2D eigenvalue weighted by Crippen LogP contribution is 2.28. The lowest BCUT2D eigenvalue weighted by Crippen LogP contribution is -2.17. The maximum Gasteiger partial charge on any atom is 0.377 e. The minimum Gasteiger partial charge on any atom is -0.462 e. The number of thiophene rings is 1. The molecule has 3 rings (SSSR count). The smallest absolute Gasteiger partial charge is 0.377 e. The van der Waals surface area contributed by atoms with Gasteiger partial charge in [-0.3, -0.25) is 4.79 Å². The molecule has 142 valence electrons. The van der Waals surface area contributed by atoms with Crippen LogP contribution in [0.2, 0.25) is 0 Å². The van der Waals surface area contributed by atoms with Crippen LogP contribution in [0.4, 0.5) is 0 Å². The molecule has 3 aromatic heterocycles. The molecule has 3 heterocycles. The first kappa shape index (κ1) is 18.8. The monoisotopic (exact) mass is 391 g/mol. The van der Waals surface area contributed by atoms with Gasteiger partial charge in [-0.15, -0.1) is 11.3 Å². The maximum absolute atomic E-state index is 12.5. The number of carbonyl (C=O) groups excluding carboxylic acids is 2. The van der Waals surface area contributed by atoms with Gasteiger partial charge in [0.05, 0.1) is 17.7 Å². The molecule has 0 radical (unpaired) electrons. The van der Waals surface area contributed by atoms with Crippen LogP contribution in [0.25, 0.3) is 10.2 Å². The van der Waals surface area contributed by atoms with Crippen molar-refractivity contribution < 1.29 is 23.6 Å². The first-order valence-corrected chi connectivity index (χ1v) is 8.98. The summed E-state index contributed by atoms with van der Waals surface area (Å²) in [4.78, 5) is 44.2. The average Bonchev–Trinajstić information content (AvgIpc) is 3.19. The molecule has 0 aliphatic rings. The quantitative estimate of drug-likeness (QED) is 0.658. The van der Waals surface area contributed by atoms with E-state index in [-0.39, 0.29) is 18.2 Å². The van der Waals surface area contributed by atoms with Crippen molar-refractivity contribution >= 4 is 33.5 Å². The summed E-state index contributed by atoms with van der Waals surface area (Å²) in [5.74, 6) is -1.10. The molecule has 0 fully saturated rings. The first-order chi connectivity index (χ1) is 12.8. The number of nitrogens with zero attached hydrogens (tertiary/aromatic N) is 2. The lowest BCUT2D eigenvalue weighted by atomic mass is 10.2. The summed E-state index contributed by atoms with van der Waals surface area (Å²) < 4.78 is 15.1. The van der Waals surface area contributed by atoms with Crippen molar-refractivity contribution in [3.63, 3.8) is 0 Å². The van der Waals surface area contributed by atoms with E-state index in [1.165, 1.54) is 6.07 Å². The Labute approximate surface area is 157 Å². The Bertz CT molecular complexity index is 1080. The number of aromatic amines is 1. The average molecular weight is 391 g/mol. The van der Waals surface area contributed by atoms with Crippen molar-refractivity contribution in [1.29, 1.82) is 0 Å². The van der Waals surface area contributed by atoms with Gasteiger partial charge in [-0.2, -0.15) is 0 Å². The molecule has 0 spiro atoms. The van der Waals surface area contributed by atoms with Crippen molar-refractivity contribution in [2.75, 3.05) is 6.61 Å². The normalized spacial score (nSPS) is 12.1. The number of H-pyrrole nitrogens is 1. The van der Waals surface area contributed by atoms with Gasteiger partial charge in [-0.05, 0) is 33.3 Å². The first-order valence-electron chi connectivity index (χ1n) is 8.16. The maximum atomic E-state index is 12.5. The Kier molecular flexibility index (Phi) is 5.08. The van der Waals surface area contributed by atoms with E-state index < -0.39 is 23.6 Å². The number of esters is 2. The number of carbonyl (C=O) groups is 2. The molecule has 0 amide bonds.